The maximum absolute atomic E-state index is 9.98. The summed E-state index contributed by atoms with van der Waals surface area (Å²) in [5, 5.41) is 0. The molecule has 1 fully saturated rings. The molecule has 0 unspecified atom stereocenters. The molecule has 1 rings (SSSR count). The Labute approximate surface area is 63.9 Å². The molecule has 0 aromatic heterocycles. The van der Waals surface area contributed by atoms with E-state index in [0.29, 0.717) is 12.3 Å². The van der Waals surface area contributed by atoms with Crippen LogP contribution in [0.25, 0.3) is 0 Å². The molecule has 0 aromatic carbocycles. The molecule has 0 spiro atoms. The van der Waals surface area contributed by atoms with Crippen LogP contribution in [0, 0.1) is 0 Å². The third-order valence-electron chi connectivity index (χ3n) is 0.693. The number of rotatable bonds is 0. The minimum absolute atomic E-state index is 0.312. The monoisotopic (exact) mass is 167 g/mol. The highest BCUT2D eigenvalue weighted by molar-refractivity contribution is 7.90. The van der Waals surface area contributed by atoms with Crippen molar-refractivity contribution >= 4 is 10.0 Å². The van der Waals surface area contributed by atoms with Gasteiger partial charge in [-0.25, -0.2) is 13.1 Å². The van der Waals surface area contributed by atoms with Gasteiger partial charge in [0.05, 0.1) is 5.75 Å². The van der Waals surface area contributed by atoms with Crippen molar-refractivity contribution in [2.24, 2.45) is 0 Å². The second-order valence-corrected chi connectivity index (χ2v) is 3.14. The van der Waals surface area contributed by atoms with Gasteiger partial charge in [-0.2, -0.15) is 0 Å². The molecule has 0 radical (unpaired) electrons. The Hall–Kier alpha value is -0.0900. The summed E-state index contributed by atoms with van der Waals surface area (Å²) in [4.78, 5) is 0. The number of sulfonamides is 1. The normalized spacial score (nSPS) is 18.4. The van der Waals surface area contributed by atoms with Crippen LogP contribution in [0.2, 0.25) is 0 Å². The van der Waals surface area contributed by atoms with Crippen LogP contribution in [0.5, 0.6) is 0 Å². The molecule has 0 amide bonds. The van der Waals surface area contributed by atoms with E-state index in [1.165, 1.54) is 0 Å². The van der Waals surface area contributed by atoms with Crippen LogP contribution in [-0.2, 0) is 10.0 Å². The Kier molecular flexibility index (Phi) is 8.83. The predicted octanol–water partition coefficient (Wildman–Crippen LogP) is 0.972. The molecule has 1 aliphatic rings. The van der Waals surface area contributed by atoms with E-state index < -0.39 is 10.0 Å². The van der Waals surface area contributed by atoms with E-state index in [4.69, 9.17) is 0 Å². The lowest BCUT2D eigenvalue weighted by atomic mass is 10.8. The smallest absolute Gasteiger partial charge is 0.212 e. The third-order valence-corrected chi connectivity index (χ3v) is 2.08. The molecule has 0 atom stereocenters. The van der Waals surface area contributed by atoms with E-state index in [1.807, 2.05) is 27.7 Å². The molecule has 1 saturated heterocycles. The lowest BCUT2D eigenvalue weighted by Gasteiger charge is -2.12. The summed E-state index contributed by atoms with van der Waals surface area (Å²) >= 11 is 0. The molecular formula is C6H17NO2S. The van der Waals surface area contributed by atoms with Crippen LogP contribution in [-0.4, -0.2) is 20.7 Å². The van der Waals surface area contributed by atoms with E-state index in [0.717, 1.165) is 0 Å². The van der Waals surface area contributed by atoms with Gasteiger partial charge in [-0.3, -0.25) is 0 Å². The van der Waals surface area contributed by atoms with Crippen LogP contribution >= 0.6 is 0 Å². The maximum atomic E-state index is 9.98. The van der Waals surface area contributed by atoms with E-state index in [9.17, 15) is 8.42 Å². The number of nitrogens with one attached hydrogen (secondary N) is 1. The van der Waals surface area contributed by atoms with Crippen molar-refractivity contribution in [1.82, 2.24) is 4.72 Å². The summed E-state index contributed by atoms with van der Waals surface area (Å²) in [7, 11) is -2.73. The SMILES string of the molecule is CC.CC.O=S1(=O)CCN1. The van der Waals surface area contributed by atoms with Crippen molar-refractivity contribution in [3.63, 3.8) is 0 Å². The summed E-state index contributed by atoms with van der Waals surface area (Å²) in [6, 6.07) is 0. The van der Waals surface area contributed by atoms with Crippen LogP contribution < -0.4 is 4.72 Å². The fourth-order valence-electron chi connectivity index (χ4n) is 0.269. The molecule has 1 N–H and O–H groups in total. The second kappa shape index (κ2) is 7.02. The zero-order valence-corrected chi connectivity index (χ0v) is 7.96. The van der Waals surface area contributed by atoms with Gasteiger partial charge in [-0.1, -0.05) is 27.7 Å². The predicted molar refractivity (Wildman–Crippen MR) is 44.5 cm³/mol. The maximum Gasteiger partial charge on any atom is 0.212 e. The zero-order chi connectivity index (χ0) is 8.62. The molecule has 4 heteroatoms. The summed E-state index contributed by atoms with van der Waals surface area (Å²) in [6.45, 7) is 8.63. The fourth-order valence-corrected chi connectivity index (χ4v) is 0.806. The van der Waals surface area contributed by atoms with Crippen LogP contribution in [0.15, 0.2) is 0 Å². The highest BCUT2D eigenvalue weighted by Gasteiger charge is 2.17. The fraction of sp³-hybridized carbons (Fsp3) is 1.00. The Balaban J connectivity index is 0. The van der Waals surface area contributed by atoms with Gasteiger partial charge >= 0.3 is 0 Å². The van der Waals surface area contributed by atoms with Crippen molar-refractivity contribution in [3.05, 3.63) is 0 Å². The van der Waals surface area contributed by atoms with Gasteiger partial charge in [0.1, 0.15) is 0 Å². The van der Waals surface area contributed by atoms with Crippen molar-refractivity contribution in [1.29, 1.82) is 0 Å². The van der Waals surface area contributed by atoms with E-state index in [2.05, 4.69) is 4.72 Å². The quantitative estimate of drug-likeness (QED) is 0.584. The first-order valence-electron chi connectivity index (χ1n) is 3.68. The minimum Gasteiger partial charge on any atom is -0.214 e. The van der Waals surface area contributed by atoms with Crippen molar-refractivity contribution < 1.29 is 8.42 Å². The second-order valence-electron chi connectivity index (χ2n) is 1.21. The average Bonchev–Trinajstić information content (AvgIpc) is 1.94. The van der Waals surface area contributed by atoms with Crippen LogP contribution in [0.1, 0.15) is 27.7 Å². The van der Waals surface area contributed by atoms with Gasteiger partial charge in [0, 0.05) is 6.54 Å². The topological polar surface area (TPSA) is 46.2 Å². The third kappa shape index (κ3) is 6.04. The molecule has 1 aliphatic heterocycles. The Morgan fingerprint density at radius 1 is 1.10 bits per heavy atom. The first-order chi connectivity index (χ1) is 4.71. The first-order valence-corrected chi connectivity index (χ1v) is 5.33. The first kappa shape index (κ1) is 12.6. The number of hydrogen-bond donors (Lipinski definition) is 1. The van der Waals surface area contributed by atoms with Crippen LogP contribution in [0.3, 0.4) is 0 Å². The highest BCUT2D eigenvalue weighted by atomic mass is 32.2. The summed E-state index contributed by atoms with van der Waals surface area (Å²) < 4.78 is 22.2. The molecule has 0 aliphatic carbocycles. The lowest BCUT2D eigenvalue weighted by Crippen LogP contribution is -2.42. The van der Waals surface area contributed by atoms with Gasteiger partial charge in [0.15, 0.2) is 0 Å². The van der Waals surface area contributed by atoms with E-state index >= 15 is 0 Å². The Morgan fingerprint density at radius 2 is 1.30 bits per heavy atom. The van der Waals surface area contributed by atoms with Gasteiger partial charge in [0.25, 0.3) is 0 Å². The zero-order valence-electron chi connectivity index (χ0n) is 7.14. The molecule has 64 valence electrons. The summed E-state index contributed by atoms with van der Waals surface area (Å²) in [5.74, 6) is 0.312. The minimum atomic E-state index is -2.73. The largest absolute Gasteiger partial charge is 0.214 e. The van der Waals surface area contributed by atoms with E-state index in [1.54, 1.807) is 0 Å². The summed E-state index contributed by atoms with van der Waals surface area (Å²) in [5.41, 5.74) is 0. The van der Waals surface area contributed by atoms with Crippen LogP contribution in [0.4, 0.5) is 0 Å². The molecule has 10 heavy (non-hydrogen) atoms. The molecule has 3 nitrogen and oxygen atoms in total. The van der Waals surface area contributed by atoms with Crippen molar-refractivity contribution in [3.8, 4) is 0 Å². The number of hydrogen-bond acceptors (Lipinski definition) is 2. The van der Waals surface area contributed by atoms with Gasteiger partial charge in [-0.05, 0) is 0 Å². The van der Waals surface area contributed by atoms with Gasteiger partial charge < -0.3 is 0 Å². The molecule has 0 aromatic rings. The molecule has 1 heterocycles. The highest BCUT2D eigenvalue weighted by Crippen LogP contribution is 1.90. The molecule has 0 bridgehead atoms. The molecule has 0 saturated carbocycles. The van der Waals surface area contributed by atoms with Crippen molar-refractivity contribution in [2.75, 3.05) is 12.3 Å². The lowest BCUT2D eigenvalue weighted by molar-refractivity contribution is 0.565. The standard InChI is InChI=1S/C2H5NO2S.2C2H6/c4-6(5)2-1-3-6;2*1-2/h3H,1-2H2;2*1-2H3. The molecular weight excluding hydrogens is 150 g/mol. The Bertz CT molecular complexity index is 130. The van der Waals surface area contributed by atoms with Gasteiger partial charge in [0.2, 0.25) is 10.0 Å². The van der Waals surface area contributed by atoms with Crippen molar-refractivity contribution in [2.45, 2.75) is 27.7 Å². The average molecular weight is 167 g/mol. The Morgan fingerprint density at radius 3 is 1.30 bits per heavy atom. The van der Waals surface area contributed by atoms with Gasteiger partial charge in [-0.15, -0.1) is 0 Å². The van der Waals surface area contributed by atoms with E-state index in [-0.39, 0.29) is 0 Å². The summed E-state index contributed by atoms with van der Waals surface area (Å²) in [6.07, 6.45) is 0.